The Kier molecular flexibility index (Phi) is 6.65. The lowest BCUT2D eigenvalue weighted by atomic mass is 9.89. The van der Waals surface area contributed by atoms with Crippen LogP contribution in [0.25, 0.3) is 11.3 Å². The SMILES string of the molecule is Bc1ccccc1-c1cncc(N2CCC(NC(=O)OCCOC)CC2)n1. The Balaban J connectivity index is 1.56. The molecule has 7 nitrogen and oxygen atoms in total. The molecule has 1 aromatic heterocycles. The second-order valence-corrected chi connectivity index (χ2v) is 6.61. The van der Waals surface area contributed by atoms with E-state index < -0.39 is 0 Å². The summed E-state index contributed by atoms with van der Waals surface area (Å²) in [4.78, 5) is 23.1. The van der Waals surface area contributed by atoms with Crippen LogP contribution in [0.5, 0.6) is 0 Å². The maximum absolute atomic E-state index is 11.7. The van der Waals surface area contributed by atoms with Gasteiger partial charge in [-0.05, 0) is 18.4 Å². The predicted octanol–water partition coefficient (Wildman–Crippen LogP) is 0.743. The van der Waals surface area contributed by atoms with Gasteiger partial charge in [-0.15, -0.1) is 0 Å². The summed E-state index contributed by atoms with van der Waals surface area (Å²) in [5.41, 5.74) is 3.16. The number of nitrogens with zero attached hydrogens (tertiary/aromatic N) is 3. The fraction of sp³-hybridized carbons (Fsp3) is 0.421. The second-order valence-electron chi connectivity index (χ2n) is 6.61. The molecule has 0 spiro atoms. The standard InChI is InChI=1S/C19H25BN4O3/c1-26-10-11-27-19(25)22-14-6-8-24(9-7-14)18-13-21-12-17(23-18)15-4-2-3-5-16(15)20/h2-5,12-14H,6-11,20H2,1H3,(H,22,25). The third kappa shape index (κ3) is 5.20. The van der Waals surface area contributed by atoms with Crippen LogP contribution in [0.4, 0.5) is 10.6 Å². The highest BCUT2D eigenvalue weighted by molar-refractivity contribution is 6.35. The number of carbonyl (C=O) groups is 1. The molecular weight excluding hydrogens is 343 g/mol. The van der Waals surface area contributed by atoms with Gasteiger partial charge in [0.15, 0.2) is 0 Å². The molecule has 0 saturated carbocycles. The molecule has 1 aromatic carbocycles. The van der Waals surface area contributed by atoms with Crippen molar-refractivity contribution in [3.8, 4) is 11.3 Å². The monoisotopic (exact) mass is 368 g/mol. The van der Waals surface area contributed by atoms with E-state index >= 15 is 0 Å². The summed E-state index contributed by atoms with van der Waals surface area (Å²) in [5, 5.41) is 2.92. The molecule has 0 unspecified atom stereocenters. The smallest absolute Gasteiger partial charge is 0.407 e. The molecule has 2 aromatic rings. The molecule has 142 valence electrons. The quantitative estimate of drug-likeness (QED) is 0.599. The second kappa shape index (κ2) is 9.37. The highest BCUT2D eigenvalue weighted by Crippen LogP contribution is 2.21. The molecule has 3 rings (SSSR count). The molecule has 0 radical (unpaired) electrons. The largest absolute Gasteiger partial charge is 0.447 e. The number of hydrogen-bond donors (Lipinski definition) is 1. The van der Waals surface area contributed by atoms with Gasteiger partial charge >= 0.3 is 6.09 Å². The van der Waals surface area contributed by atoms with E-state index in [4.69, 9.17) is 14.5 Å². The highest BCUT2D eigenvalue weighted by Gasteiger charge is 2.22. The van der Waals surface area contributed by atoms with Gasteiger partial charge in [-0.25, -0.2) is 9.78 Å². The summed E-state index contributed by atoms with van der Waals surface area (Å²) in [5.74, 6) is 0.872. The fourth-order valence-electron chi connectivity index (χ4n) is 3.18. The number of methoxy groups -OCH3 is 1. The first kappa shape index (κ1) is 19.2. The zero-order chi connectivity index (χ0) is 19.1. The molecule has 0 aliphatic carbocycles. The normalized spacial score (nSPS) is 14.8. The lowest BCUT2D eigenvalue weighted by molar-refractivity contribution is 0.0956. The Morgan fingerprint density at radius 1 is 1.26 bits per heavy atom. The number of piperidine rings is 1. The van der Waals surface area contributed by atoms with E-state index in [1.807, 2.05) is 12.1 Å². The third-order valence-electron chi connectivity index (χ3n) is 4.70. The fourth-order valence-corrected chi connectivity index (χ4v) is 3.18. The van der Waals surface area contributed by atoms with Crippen LogP contribution in [0.3, 0.4) is 0 Å². The van der Waals surface area contributed by atoms with Crippen LogP contribution in [0.1, 0.15) is 12.8 Å². The molecule has 1 saturated heterocycles. The van der Waals surface area contributed by atoms with Gasteiger partial charge in [-0.1, -0.05) is 29.7 Å². The Hall–Kier alpha value is -2.61. The molecule has 8 heteroatoms. The Morgan fingerprint density at radius 2 is 2.04 bits per heavy atom. The van der Waals surface area contributed by atoms with E-state index in [0.717, 1.165) is 43.0 Å². The molecular formula is C19H25BN4O3. The lowest BCUT2D eigenvalue weighted by Gasteiger charge is -2.32. The molecule has 0 bridgehead atoms. The summed E-state index contributed by atoms with van der Waals surface area (Å²) >= 11 is 0. The number of anilines is 1. The third-order valence-corrected chi connectivity index (χ3v) is 4.70. The van der Waals surface area contributed by atoms with Gasteiger partial charge in [-0.3, -0.25) is 4.98 Å². The minimum Gasteiger partial charge on any atom is -0.447 e. The number of amides is 1. The van der Waals surface area contributed by atoms with Crippen LogP contribution in [0, 0.1) is 0 Å². The Morgan fingerprint density at radius 3 is 2.78 bits per heavy atom. The lowest BCUT2D eigenvalue weighted by Crippen LogP contribution is -2.45. The molecule has 1 aliphatic heterocycles. The van der Waals surface area contributed by atoms with Crippen molar-refractivity contribution in [1.82, 2.24) is 15.3 Å². The minimum absolute atomic E-state index is 0.115. The number of ether oxygens (including phenoxy) is 2. The van der Waals surface area contributed by atoms with Gasteiger partial charge in [0.2, 0.25) is 0 Å². The van der Waals surface area contributed by atoms with Crippen molar-refractivity contribution in [2.24, 2.45) is 0 Å². The molecule has 27 heavy (non-hydrogen) atoms. The highest BCUT2D eigenvalue weighted by atomic mass is 16.6. The van der Waals surface area contributed by atoms with Gasteiger partial charge in [0, 0.05) is 26.2 Å². The number of hydrogen-bond acceptors (Lipinski definition) is 6. The minimum atomic E-state index is -0.383. The summed E-state index contributed by atoms with van der Waals surface area (Å²) in [6.07, 6.45) is 4.91. The van der Waals surface area contributed by atoms with Crippen LogP contribution in [0.2, 0.25) is 0 Å². The predicted molar refractivity (Wildman–Crippen MR) is 107 cm³/mol. The molecule has 1 N–H and O–H groups in total. The summed E-state index contributed by atoms with van der Waals surface area (Å²) < 4.78 is 9.93. The van der Waals surface area contributed by atoms with Gasteiger partial charge in [-0.2, -0.15) is 0 Å². The van der Waals surface area contributed by atoms with Crippen LogP contribution >= 0.6 is 0 Å². The molecule has 0 atom stereocenters. The van der Waals surface area contributed by atoms with Gasteiger partial charge < -0.3 is 19.7 Å². The van der Waals surface area contributed by atoms with Crippen LogP contribution < -0.4 is 15.7 Å². The van der Waals surface area contributed by atoms with E-state index in [2.05, 4.69) is 35.2 Å². The number of benzene rings is 1. The number of rotatable bonds is 6. The maximum atomic E-state index is 11.7. The summed E-state index contributed by atoms with van der Waals surface area (Å²) in [6.45, 7) is 2.30. The van der Waals surface area contributed by atoms with Crippen LogP contribution in [0.15, 0.2) is 36.7 Å². The first-order valence-electron chi connectivity index (χ1n) is 9.22. The summed E-state index contributed by atoms with van der Waals surface area (Å²) in [6, 6.07) is 8.29. The molecule has 2 heterocycles. The average molecular weight is 368 g/mol. The number of alkyl carbamates (subject to hydrolysis) is 1. The van der Waals surface area contributed by atoms with Crippen molar-refractivity contribution in [2.75, 3.05) is 38.3 Å². The number of nitrogens with one attached hydrogen (secondary N) is 1. The van der Waals surface area contributed by atoms with Crippen molar-refractivity contribution in [1.29, 1.82) is 0 Å². The molecule has 1 amide bonds. The van der Waals surface area contributed by atoms with Crippen molar-refractivity contribution in [3.05, 3.63) is 36.7 Å². The van der Waals surface area contributed by atoms with Crippen molar-refractivity contribution < 1.29 is 14.3 Å². The maximum Gasteiger partial charge on any atom is 0.407 e. The first-order chi connectivity index (χ1) is 13.2. The van der Waals surface area contributed by atoms with Crippen LogP contribution in [-0.2, 0) is 9.47 Å². The summed E-state index contributed by atoms with van der Waals surface area (Å²) in [7, 11) is 3.65. The number of aromatic nitrogens is 2. The van der Waals surface area contributed by atoms with E-state index in [-0.39, 0.29) is 18.7 Å². The van der Waals surface area contributed by atoms with Gasteiger partial charge in [0.25, 0.3) is 0 Å². The van der Waals surface area contributed by atoms with Crippen molar-refractivity contribution >= 4 is 25.2 Å². The number of carbonyl (C=O) groups excluding carboxylic acids is 1. The van der Waals surface area contributed by atoms with E-state index in [1.54, 1.807) is 19.5 Å². The molecule has 1 fully saturated rings. The average Bonchev–Trinajstić information content (AvgIpc) is 2.69. The Labute approximate surface area is 160 Å². The topological polar surface area (TPSA) is 76.6 Å². The van der Waals surface area contributed by atoms with E-state index in [0.29, 0.717) is 6.61 Å². The van der Waals surface area contributed by atoms with Crippen LogP contribution in [-0.4, -0.2) is 63.4 Å². The van der Waals surface area contributed by atoms with E-state index in [1.165, 1.54) is 5.46 Å². The van der Waals surface area contributed by atoms with E-state index in [9.17, 15) is 4.79 Å². The van der Waals surface area contributed by atoms with Gasteiger partial charge in [0.1, 0.15) is 20.3 Å². The van der Waals surface area contributed by atoms with Gasteiger partial charge in [0.05, 0.1) is 24.7 Å². The Bertz CT molecular complexity index is 766. The zero-order valence-corrected chi connectivity index (χ0v) is 15.9. The van der Waals surface area contributed by atoms with Crippen molar-refractivity contribution in [2.45, 2.75) is 18.9 Å². The zero-order valence-electron chi connectivity index (χ0n) is 15.9. The molecule has 1 aliphatic rings. The first-order valence-corrected chi connectivity index (χ1v) is 9.22. The van der Waals surface area contributed by atoms with Crippen molar-refractivity contribution in [3.63, 3.8) is 0 Å².